The zero-order valence-electron chi connectivity index (χ0n) is 11.2. The molecule has 1 aromatic carbocycles. The van der Waals surface area contributed by atoms with Gasteiger partial charge in [0, 0.05) is 20.4 Å². The second-order valence-electron chi connectivity index (χ2n) is 4.28. The Labute approximate surface area is 122 Å². The first-order valence-electron chi connectivity index (χ1n) is 5.50. The van der Waals surface area contributed by atoms with Crippen LogP contribution in [0.1, 0.15) is 10.4 Å². The molecule has 0 atom stereocenters. The van der Waals surface area contributed by atoms with Crippen LogP contribution < -0.4 is 0 Å². The number of rotatable bonds is 4. The summed E-state index contributed by atoms with van der Waals surface area (Å²) in [5, 5.41) is 0.0553. The van der Waals surface area contributed by atoms with E-state index >= 15 is 0 Å². The number of ether oxygens (including phenoxy) is 1. The van der Waals surface area contributed by atoms with E-state index in [0.29, 0.717) is 0 Å². The first kappa shape index (κ1) is 16.5. The molecule has 0 fully saturated rings. The predicted octanol–water partition coefficient (Wildman–Crippen LogP) is 0.988. The van der Waals surface area contributed by atoms with E-state index in [2.05, 4.69) is 0 Å². The molecule has 20 heavy (non-hydrogen) atoms. The molecule has 0 radical (unpaired) electrons. The molecule has 0 aromatic heterocycles. The largest absolute Gasteiger partial charge is 0.452 e. The summed E-state index contributed by atoms with van der Waals surface area (Å²) in [5.74, 6) is -1.25. The van der Waals surface area contributed by atoms with Crippen LogP contribution in [0.2, 0.25) is 5.02 Å². The Hall–Kier alpha value is -1.60. The first-order valence-corrected chi connectivity index (χ1v) is 7.76. The zero-order valence-corrected chi connectivity index (χ0v) is 12.8. The lowest BCUT2D eigenvalue weighted by Crippen LogP contribution is -2.27. The number of likely N-dealkylation sites (N-methyl/N-ethyl adjacent to an activating group) is 1. The molecule has 1 rings (SSSR count). The fourth-order valence-electron chi connectivity index (χ4n) is 1.23. The minimum Gasteiger partial charge on any atom is -0.452 e. The third kappa shape index (κ3) is 4.21. The SMILES string of the molecule is CN(C)C(=O)COC(=O)c1cc(S(C)(=O)=O)ccc1Cl. The molecule has 0 saturated carbocycles. The summed E-state index contributed by atoms with van der Waals surface area (Å²) in [7, 11) is -0.419. The van der Waals surface area contributed by atoms with Crippen LogP contribution in [0.25, 0.3) is 0 Å². The van der Waals surface area contributed by atoms with E-state index in [1.807, 2.05) is 0 Å². The van der Waals surface area contributed by atoms with Crippen molar-refractivity contribution in [1.82, 2.24) is 4.90 Å². The quantitative estimate of drug-likeness (QED) is 0.773. The lowest BCUT2D eigenvalue weighted by Gasteiger charge is -2.11. The van der Waals surface area contributed by atoms with Crippen molar-refractivity contribution < 1.29 is 22.7 Å². The normalized spacial score (nSPS) is 11.0. The number of halogens is 1. The molecule has 0 aliphatic heterocycles. The summed E-state index contributed by atoms with van der Waals surface area (Å²) in [4.78, 5) is 24.3. The summed E-state index contributed by atoms with van der Waals surface area (Å²) in [6.45, 7) is -0.439. The van der Waals surface area contributed by atoms with Gasteiger partial charge in [-0.2, -0.15) is 0 Å². The minimum absolute atomic E-state index is 0.0483. The van der Waals surface area contributed by atoms with Crippen LogP contribution in [0.5, 0.6) is 0 Å². The van der Waals surface area contributed by atoms with Gasteiger partial charge in [0.25, 0.3) is 5.91 Å². The van der Waals surface area contributed by atoms with E-state index in [-0.39, 0.29) is 15.5 Å². The average molecular weight is 320 g/mol. The van der Waals surface area contributed by atoms with Crippen molar-refractivity contribution in [3.63, 3.8) is 0 Å². The minimum atomic E-state index is -3.46. The maximum absolute atomic E-state index is 11.8. The van der Waals surface area contributed by atoms with Crippen molar-refractivity contribution in [2.24, 2.45) is 0 Å². The highest BCUT2D eigenvalue weighted by Crippen LogP contribution is 2.21. The highest BCUT2D eigenvalue weighted by molar-refractivity contribution is 7.90. The van der Waals surface area contributed by atoms with E-state index < -0.39 is 28.3 Å². The molecule has 6 nitrogen and oxygen atoms in total. The molecular weight excluding hydrogens is 306 g/mol. The number of hydrogen-bond acceptors (Lipinski definition) is 5. The van der Waals surface area contributed by atoms with Crippen LogP contribution in [-0.4, -0.2) is 52.2 Å². The molecule has 1 amide bonds. The molecule has 8 heteroatoms. The van der Waals surface area contributed by atoms with Gasteiger partial charge in [-0.05, 0) is 18.2 Å². The van der Waals surface area contributed by atoms with Crippen LogP contribution >= 0.6 is 11.6 Å². The Balaban J connectivity index is 2.96. The molecule has 110 valence electrons. The second kappa shape index (κ2) is 6.23. The van der Waals surface area contributed by atoms with E-state index in [9.17, 15) is 18.0 Å². The van der Waals surface area contributed by atoms with Gasteiger partial charge in [-0.15, -0.1) is 0 Å². The maximum Gasteiger partial charge on any atom is 0.340 e. The summed E-state index contributed by atoms with van der Waals surface area (Å²) >= 11 is 5.83. The van der Waals surface area contributed by atoms with Crippen molar-refractivity contribution in [3.8, 4) is 0 Å². The van der Waals surface area contributed by atoms with Gasteiger partial charge >= 0.3 is 5.97 Å². The van der Waals surface area contributed by atoms with Gasteiger partial charge in [-0.3, -0.25) is 4.79 Å². The van der Waals surface area contributed by atoms with Gasteiger partial charge in [0.2, 0.25) is 0 Å². The number of amides is 1. The smallest absolute Gasteiger partial charge is 0.340 e. The zero-order chi connectivity index (χ0) is 15.5. The molecular formula is C12H14ClNO5S. The number of sulfone groups is 1. The van der Waals surface area contributed by atoms with Crippen LogP contribution in [0, 0.1) is 0 Å². The van der Waals surface area contributed by atoms with Gasteiger partial charge in [-0.1, -0.05) is 11.6 Å². The third-order valence-electron chi connectivity index (χ3n) is 2.41. The number of hydrogen-bond donors (Lipinski definition) is 0. The van der Waals surface area contributed by atoms with E-state index in [1.54, 1.807) is 0 Å². The maximum atomic E-state index is 11.8. The molecule has 0 bridgehead atoms. The Morgan fingerprint density at radius 3 is 2.40 bits per heavy atom. The molecule has 0 heterocycles. The van der Waals surface area contributed by atoms with Gasteiger partial charge in [0.15, 0.2) is 16.4 Å². The molecule has 0 spiro atoms. The van der Waals surface area contributed by atoms with Crippen LogP contribution in [-0.2, 0) is 19.4 Å². The van der Waals surface area contributed by atoms with E-state index in [1.165, 1.54) is 31.1 Å². The van der Waals surface area contributed by atoms with Crippen molar-refractivity contribution in [3.05, 3.63) is 28.8 Å². The number of nitrogens with zero attached hydrogens (tertiary/aromatic N) is 1. The van der Waals surface area contributed by atoms with Gasteiger partial charge in [0.05, 0.1) is 15.5 Å². The molecule has 1 aromatic rings. The van der Waals surface area contributed by atoms with Gasteiger partial charge in [-0.25, -0.2) is 13.2 Å². The number of esters is 1. The van der Waals surface area contributed by atoms with Crippen molar-refractivity contribution in [2.75, 3.05) is 27.0 Å². The molecule has 0 aliphatic rings. The molecule has 0 aliphatic carbocycles. The second-order valence-corrected chi connectivity index (χ2v) is 6.70. The standard InChI is InChI=1S/C12H14ClNO5S/c1-14(2)11(15)7-19-12(16)9-6-8(20(3,17)18)4-5-10(9)13/h4-6H,7H2,1-3H3. The van der Waals surface area contributed by atoms with Gasteiger partial charge in [0.1, 0.15) is 0 Å². The summed E-state index contributed by atoms with van der Waals surface area (Å²) in [5.41, 5.74) is -0.0962. The van der Waals surface area contributed by atoms with Crippen molar-refractivity contribution in [2.45, 2.75) is 4.90 Å². The summed E-state index contributed by atoms with van der Waals surface area (Å²) in [6, 6.07) is 3.71. The average Bonchev–Trinajstić information content (AvgIpc) is 2.34. The Morgan fingerprint density at radius 2 is 1.90 bits per heavy atom. The predicted molar refractivity (Wildman–Crippen MR) is 73.5 cm³/mol. The van der Waals surface area contributed by atoms with Gasteiger partial charge < -0.3 is 9.64 Å². The monoisotopic (exact) mass is 319 g/mol. The highest BCUT2D eigenvalue weighted by Gasteiger charge is 2.18. The number of carbonyl (C=O) groups excluding carboxylic acids is 2. The molecule has 0 N–H and O–H groups in total. The van der Waals surface area contributed by atoms with Crippen LogP contribution in [0.15, 0.2) is 23.1 Å². The molecule has 0 unspecified atom stereocenters. The van der Waals surface area contributed by atoms with Crippen LogP contribution in [0.4, 0.5) is 0 Å². The number of carbonyl (C=O) groups is 2. The Kier molecular flexibility index (Phi) is 5.13. The Bertz CT molecular complexity index is 639. The summed E-state index contributed by atoms with van der Waals surface area (Å²) < 4.78 is 27.6. The topological polar surface area (TPSA) is 80.8 Å². The van der Waals surface area contributed by atoms with Crippen LogP contribution in [0.3, 0.4) is 0 Å². The summed E-state index contributed by atoms with van der Waals surface area (Å²) in [6.07, 6.45) is 1.01. The van der Waals surface area contributed by atoms with Crippen molar-refractivity contribution >= 4 is 33.3 Å². The van der Waals surface area contributed by atoms with E-state index in [0.717, 1.165) is 12.3 Å². The third-order valence-corrected chi connectivity index (χ3v) is 3.85. The first-order chi connectivity index (χ1) is 9.12. The van der Waals surface area contributed by atoms with E-state index in [4.69, 9.17) is 16.3 Å². The fraction of sp³-hybridized carbons (Fsp3) is 0.333. The lowest BCUT2D eigenvalue weighted by molar-refractivity contribution is -0.131. The lowest BCUT2D eigenvalue weighted by atomic mass is 10.2. The molecule has 0 saturated heterocycles. The Morgan fingerprint density at radius 1 is 1.30 bits per heavy atom. The fourth-order valence-corrected chi connectivity index (χ4v) is 2.07. The van der Waals surface area contributed by atoms with Crippen molar-refractivity contribution in [1.29, 1.82) is 0 Å². The highest BCUT2D eigenvalue weighted by atomic mass is 35.5. The number of benzene rings is 1.